The summed E-state index contributed by atoms with van der Waals surface area (Å²) in [4.78, 5) is 26.6. The van der Waals surface area contributed by atoms with Gasteiger partial charge in [-0.3, -0.25) is 9.20 Å². The highest BCUT2D eigenvalue weighted by molar-refractivity contribution is 8.00. The number of benzene rings is 2. The molecule has 0 aliphatic carbocycles. The van der Waals surface area contributed by atoms with E-state index in [1.807, 2.05) is 34.9 Å². The highest BCUT2D eigenvalue weighted by Crippen LogP contribution is 2.44. The molecule has 0 spiro atoms. The predicted molar refractivity (Wildman–Crippen MR) is 185 cm³/mol. The van der Waals surface area contributed by atoms with E-state index in [1.165, 1.54) is 0 Å². The molecule has 242 valence electrons. The Morgan fingerprint density at radius 1 is 0.979 bits per heavy atom. The van der Waals surface area contributed by atoms with E-state index in [4.69, 9.17) is 9.47 Å². The number of carboxylic acid groups (broad SMARTS) is 1. The van der Waals surface area contributed by atoms with Gasteiger partial charge in [0.25, 0.3) is 0 Å². The molecule has 10 heteroatoms. The van der Waals surface area contributed by atoms with E-state index in [9.17, 15) is 9.90 Å². The van der Waals surface area contributed by atoms with Gasteiger partial charge in [0, 0.05) is 69.4 Å². The third-order valence-corrected chi connectivity index (χ3v) is 9.23. The van der Waals surface area contributed by atoms with Crippen molar-refractivity contribution in [2.45, 2.75) is 63.8 Å². The normalized spacial score (nSPS) is 12.1. The molecule has 6 rings (SSSR count). The smallest absolute Gasteiger partial charge is 0.309 e. The number of nitrogens with zero attached hydrogens (tertiary/aromatic N) is 5. The van der Waals surface area contributed by atoms with Gasteiger partial charge in [-0.05, 0) is 55.3 Å². The molecule has 0 atom stereocenters. The molecule has 0 amide bonds. The van der Waals surface area contributed by atoms with Crippen LogP contribution in [0.25, 0.3) is 27.7 Å². The van der Waals surface area contributed by atoms with Crippen LogP contribution in [-0.2, 0) is 24.4 Å². The van der Waals surface area contributed by atoms with Crippen molar-refractivity contribution >= 4 is 34.3 Å². The molecule has 0 bridgehead atoms. The highest BCUT2D eigenvalue weighted by Gasteiger charge is 2.33. The maximum absolute atomic E-state index is 12.4. The Hall–Kier alpha value is -4.83. The van der Waals surface area contributed by atoms with Gasteiger partial charge in [-0.15, -0.1) is 11.8 Å². The number of aromatic nitrogens is 5. The average Bonchev–Trinajstić information content (AvgIpc) is 3.58. The van der Waals surface area contributed by atoms with Crippen LogP contribution in [-0.4, -0.2) is 46.9 Å². The Morgan fingerprint density at radius 2 is 1.74 bits per heavy atom. The lowest BCUT2D eigenvalue weighted by Crippen LogP contribution is -2.28. The van der Waals surface area contributed by atoms with Crippen LogP contribution >= 0.6 is 11.8 Å². The fraction of sp³-hybridized carbons (Fsp3) is 0.297. The van der Waals surface area contributed by atoms with Crippen molar-refractivity contribution in [3.05, 3.63) is 103 Å². The van der Waals surface area contributed by atoms with Crippen molar-refractivity contribution in [2.75, 3.05) is 7.11 Å². The van der Waals surface area contributed by atoms with Gasteiger partial charge in [-0.25, -0.2) is 15.0 Å². The molecule has 0 aliphatic rings. The Bertz CT molecular complexity index is 2010. The van der Waals surface area contributed by atoms with Crippen LogP contribution in [0.1, 0.15) is 51.6 Å². The number of methoxy groups -OCH3 is 1. The molecular weight excluding hydrogens is 611 g/mol. The van der Waals surface area contributed by atoms with E-state index in [1.54, 1.807) is 51.4 Å². The Morgan fingerprint density at radius 3 is 2.40 bits per heavy atom. The van der Waals surface area contributed by atoms with Crippen molar-refractivity contribution in [3.8, 4) is 22.8 Å². The molecule has 0 fully saturated rings. The number of fused-ring (bicyclic) bond motifs is 2. The number of carboxylic acids is 1. The number of aliphatic carboxylic acids is 1. The van der Waals surface area contributed by atoms with Gasteiger partial charge in [-0.1, -0.05) is 45.0 Å². The SMILES string of the molecule is COc1ccc(-c2ccc(Cn3c(CC(C)(C)C(=O)O)c(SC(C)(C)C)c4cc(OCc5cn6cnccc6n5)ccc43)cc2)cn1. The summed E-state index contributed by atoms with van der Waals surface area (Å²) >= 11 is 1.76. The molecule has 2 aromatic carbocycles. The van der Waals surface area contributed by atoms with Crippen LogP contribution in [0.2, 0.25) is 0 Å². The summed E-state index contributed by atoms with van der Waals surface area (Å²) < 4.78 is 15.5. The molecule has 9 nitrogen and oxygen atoms in total. The van der Waals surface area contributed by atoms with Gasteiger partial charge in [0.1, 0.15) is 24.3 Å². The second-order valence-corrected chi connectivity index (χ2v) is 15.1. The predicted octanol–water partition coefficient (Wildman–Crippen LogP) is 7.93. The number of thioether (sulfide) groups is 1. The third-order valence-electron chi connectivity index (χ3n) is 7.96. The van der Waals surface area contributed by atoms with E-state index in [0.29, 0.717) is 25.5 Å². The van der Waals surface area contributed by atoms with Crippen molar-refractivity contribution in [3.63, 3.8) is 0 Å². The molecule has 47 heavy (non-hydrogen) atoms. The Labute approximate surface area is 278 Å². The van der Waals surface area contributed by atoms with E-state index >= 15 is 0 Å². The molecule has 0 saturated heterocycles. The first-order valence-electron chi connectivity index (χ1n) is 15.5. The molecular formula is C37H39N5O4S. The Balaban J connectivity index is 1.39. The first kappa shape index (κ1) is 32.1. The maximum Gasteiger partial charge on any atom is 0.309 e. The minimum absolute atomic E-state index is 0.114. The lowest BCUT2D eigenvalue weighted by atomic mass is 9.88. The van der Waals surface area contributed by atoms with Crippen LogP contribution in [0, 0.1) is 5.41 Å². The number of pyridine rings is 1. The van der Waals surface area contributed by atoms with Crippen molar-refractivity contribution in [2.24, 2.45) is 5.41 Å². The number of hydrogen-bond donors (Lipinski definition) is 1. The highest BCUT2D eigenvalue weighted by atomic mass is 32.2. The molecule has 4 aromatic heterocycles. The summed E-state index contributed by atoms with van der Waals surface area (Å²) in [6, 6.07) is 20.3. The second-order valence-electron chi connectivity index (χ2n) is 13.3. The van der Waals surface area contributed by atoms with E-state index in [-0.39, 0.29) is 4.75 Å². The van der Waals surface area contributed by atoms with Crippen LogP contribution < -0.4 is 9.47 Å². The molecule has 0 saturated carbocycles. The van der Waals surface area contributed by atoms with Crippen molar-refractivity contribution in [1.29, 1.82) is 0 Å². The fourth-order valence-electron chi connectivity index (χ4n) is 5.50. The average molecular weight is 650 g/mol. The van der Waals surface area contributed by atoms with Gasteiger partial charge >= 0.3 is 5.97 Å². The molecule has 0 aliphatic heterocycles. The molecule has 4 heterocycles. The number of ether oxygens (including phenoxy) is 2. The van der Waals surface area contributed by atoms with Crippen LogP contribution in [0.15, 0.2) is 90.5 Å². The lowest BCUT2D eigenvalue weighted by molar-refractivity contribution is -0.146. The lowest BCUT2D eigenvalue weighted by Gasteiger charge is -2.24. The molecule has 1 N–H and O–H groups in total. The van der Waals surface area contributed by atoms with Gasteiger partial charge in [-0.2, -0.15) is 0 Å². The number of rotatable bonds is 11. The first-order valence-corrected chi connectivity index (χ1v) is 16.3. The summed E-state index contributed by atoms with van der Waals surface area (Å²) in [5.74, 6) is 0.471. The van der Waals surface area contributed by atoms with Crippen LogP contribution in [0.3, 0.4) is 0 Å². The van der Waals surface area contributed by atoms with Gasteiger partial charge in [0.05, 0.1) is 18.2 Å². The minimum atomic E-state index is -0.970. The van der Waals surface area contributed by atoms with Crippen LogP contribution in [0.4, 0.5) is 0 Å². The number of carbonyl (C=O) groups is 1. The second kappa shape index (κ2) is 12.8. The standard InChI is InChI=1S/C37H39N5O4S/c1-36(2,3)47-34-29-17-28(46-22-27-21-41-23-38-16-15-32(41)40-27)12-13-30(29)42(31(34)18-37(4,5)35(43)44)20-24-7-9-25(10-8-24)26-11-14-33(45-6)39-19-26/h7-17,19,21,23H,18,20,22H2,1-6H3,(H,43,44). The first-order chi connectivity index (χ1) is 22.4. The third kappa shape index (κ3) is 7.12. The molecule has 6 aromatic rings. The zero-order valence-corrected chi connectivity index (χ0v) is 28.3. The largest absolute Gasteiger partial charge is 0.487 e. The van der Waals surface area contributed by atoms with Crippen molar-refractivity contribution < 1.29 is 19.4 Å². The maximum atomic E-state index is 12.4. The van der Waals surface area contributed by atoms with Crippen molar-refractivity contribution in [1.82, 2.24) is 23.9 Å². The zero-order chi connectivity index (χ0) is 33.3. The quantitative estimate of drug-likeness (QED) is 0.141. The zero-order valence-electron chi connectivity index (χ0n) is 27.5. The molecule has 0 unspecified atom stereocenters. The number of imidazole rings is 1. The van der Waals surface area contributed by atoms with Gasteiger partial charge in [0.2, 0.25) is 5.88 Å². The number of hydrogen-bond acceptors (Lipinski definition) is 7. The topological polar surface area (TPSA) is 104 Å². The van der Waals surface area contributed by atoms with E-state index in [2.05, 4.69) is 76.7 Å². The van der Waals surface area contributed by atoms with Crippen LogP contribution in [0.5, 0.6) is 11.6 Å². The van der Waals surface area contributed by atoms with Gasteiger partial charge in [0.15, 0.2) is 0 Å². The summed E-state index contributed by atoms with van der Waals surface area (Å²) in [6.45, 7) is 11.0. The van der Waals surface area contributed by atoms with E-state index < -0.39 is 11.4 Å². The van der Waals surface area contributed by atoms with Gasteiger partial charge < -0.3 is 19.1 Å². The summed E-state index contributed by atoms with van der Waals surface area (Å²) in [5, 5.41) is 11.2. The summed E-state index contributed by atoms with van der Waals surface area (Å²) in [6.07, 6.45) is 7.54. The monoisotopic (exact) mass is 649 g/mol. The van der Waals surface area contributed by atoms with E-state index in [0.717, 1.165) is 55.3 Å². The Kier molecular flexibility index (Phi) is 8.72. The minimum Gasteiger partial charge on any atom is -0.487 e. The summed E-state index contributed by atoms with van der Waals surface area (Å²) in [7, 11) is 1.61. The molecule has 0 radical (unpaired) electrons. The fourth-order valence-corrected chi connectivity index (χ4v) is 6.68. The summed E-state index contributed by atoms with van der Waals surface area (Å²) in [5.41, 5.74) is 5.85.